The van der Waals surface area contributed by atoms with Crippen molar-refractivity contribution >= 4 is 17.3 Å². The van der Waals surface area contributed by atoms with Crippen molar-refractivity contribution in [3.8, 4) is 0 Å². The summed E-state index contributed by atoms with van der Waals surface area (Å²) >= 11 is 5.52. The van der Waals surface area contributed by atoms with E-state index in [1.807, 2.05) is 0 Å². The summed E-state index contributed by atoms with van der Waals surface area (Å²) in [5.41, 5.74) is 5.22. The summed E-state index contributed by atoms with van der Waals surface area (Å²) in [6, 6.07) is 4.15. The minimum Gasteiger partial charge on any atom is -0.382 e. The van der Waals surface area contributed by atoms with E-state index in [0.717, 1.165) is 18.9 Å². The predicted molar refractivity (Wildman–Crippen MR) is 61.1 cm³/mol. The molecule has 0 amide bonds. The molecule has 0 unspecified atom stereocenters. The van der Waals surface area contributed by atoms with Crippen molar-refractivity contribution in [1.29, 1.82) is 0 Å². The Morgan fingerprint density at radius 3 is 2.47 bits per heavy atom. The van der Waals surface area contributed by atoms with Gasteiger partial charge in [-0.1, -0.05) is 11.6 Å². The SMILES string of the molecule is NC1CC(Nc2ccc(Cl)c(C(F)(F)F)c2)C1. The number of rotatable bonds is 2. The number of anilines is 1. The van der Waals surface area contributed by atoms with Crippen LogP contribution in [0.15, 0.2) is 18.2 Å². The fourth-order valence-corrected chi connectivity index (χ4v) is 2.07. The molecule has 6 heteroatoms. The van der Waals surface area contributed by atoms with Crippen LogP contribution >= 0.6 is 11.6 Å². The lowest BCUT2D eigenvalue weighted by Gasteiger charge is -2.34. The van der Waals surface area contributed by atoms with Crippen molar-refractivity contribution in [2.24, 2.45) is 5.73 Å². The first kappa shape index (κ1) is 12.5. The number of nitrogens with one attached hydrogen (secondary N) is 1. The number of hydrogen-bond donors (Lipinski definition) is 2. The molecule has 0 spiro atoms. The highest BCUT2D eigenvalue weighted by Gasteiger charge is 2.34. The molecule has 2 rings (SSSR count). The van der Waals surface area contributed by atoms with E-state index in [4.69, 9.17) is 17.3 Å². The molecular formula is C11H12ClF3N2. The topological polar surface area (TPSA) is 38.0 Å². The second-order valence-corrected chi connectivity index (χ2v) is 4.67. The van der Waals surface area contributed by atoms with Gasteiger partial charge in [0.1, 0.15) is 0 Å². The lowest BCUT2D eigenvalue weighted by Crippen LogP contribution is -2.44. The number of nitrogens with two attached hydrogens (primary N) is 1. The highest BCUT2D eigenvalue weighted by molar-refractivity contribution is 6.31. The highest BCUT2D eigenvalue weighted by atomic mass is 35.5. The second-order valence-electron chi connectivity index (χ2n) is 4.27. The van der Waals surface area contributed by atoms with E-state index in [1.165, 1.54) is 6.07 Å². The third kappa shape index (κ3) is 2.84. The lowest BCUT2D eigenvalue weighted by atomic mass is 9.87. The summed E-state index contributed by atoms with van der Waals surface area (Å²) in [6.07, 6.45) is -2.86. The first-order valence-electron chi connectivity index (χ1n) is 5.25. The normalized spacial score (nSPS) is 24.3. The Bertz CT molecular complexity index is 414. The van der Waals surface area contributed by atoms with Gasteiger partial charge in [0.05, 0.1) is 10.6 Å². The highest BCUT2D eigenvalue weighted by Crippen LogP contribution is 2.36. The average Bonchev–Trinajstić information content (AvgIpc) is 2.16. The molecule has 2 nitrogen and oxygen atoms in total. The summed E-state index contributed by atoms with van der Waals surface area (Å²) in [5.74, 6) is 0. The van der Waals surface area contributed by atoms with Crippen molar-refractivity contribution in [2.45, 2.75) is 31.1 Å². The van der Waals surface area contributed by atoms with Crippen LogP contribution in [0.25, 0.3) is 0 Å². The molecule has 0 saturated heterocycles. The molecule has 0 heterocycles. The van der Waals surface area contributed by atoms with Gasteiger partial charge >= 0.3 is 6.18 Å². The predicted octanol–water partition coefficient (Wildman–Crippen LogP) is 3.26. The van der Waals surface area contributed by atoms with Gasteiger partial charge in [0, 0.05) is 17.8 Å². The minimum absolute atomic E-state index is 0.155. The molecule has 1 aliphatic carbocycles. The van der Waals surface area contributed by atoms with Crippen molar-refractivity contribution in [2.75, 3.05) is 5.32 Å². The number of halogens is 4. The van der Waals surface area contributed by atoms with Crippen molar-refractivity contribution in [3.63, 3.8) is 0 Å². The van der Waals surface area contributed by atoms with Crippen LogP contribution in [0.3, 0.4) is 0 Å². The van der Waals surface area contributed by atoms with Crippen molar-refractivity contribution < 1.29 is 13.2 Å². The van der Waals surface area contributed by atoms with Gasteiger partial charge in [-0.25, -0.2) is 0 Å². The van der Waals surface area contributed by atoms with E-state index in [1.54, 1.807) is 6.07 Å². The van der Waals surface area contributed by atoms with E-state index in [0.29, 0.717) is 5.69 Å². The van der Waals surface area contributed by atoms with Crippen LogP contribution < -0.4 is 11.1 Å². The standard InChI is InChI=1S/C11H12ClF3N2/c12-10-2-1-7(5-9(10)11(13,14)15)17-8-3-6(16)4-8/h1-2,5-6,8,17H,3-4,16H2. The molecule has 0 bridgehead atoms. The summed E-state index contributed by atoms with van der Waals surface area (Å²) in [6.45, 7) is 0. The van der Waals surface area contributed by atoms with E-state index < -0.39 is 11.7 Å². The zero-order valence-electron chi connectivity index (χ0n) is 8.89. The Hall–Kier alpha value is -0.940. The number of hydrogen-bond acceptors (Lipinski definition) is 2. The van der Waals surface area contributed by atoms with Gasteiger partial charge in [0.15, 0.2) is 0 Å². The Balaban J connectivity index is 2.14. The average molecular weight is 265 g/mol. The molecule has 94 valence electrons. The van der Waals surface area contributed by atoms with Crippen LogP contribution in [0.5, 0.6) is 0 Å². The molecule has 1 saturated carbocycles. The first-order valence-corrected chi connectivity index (χ1v) is 5.63. The zero-order valence-corrected chi connectivity index (χ0v) is 9.65. The van der Waals surface area contributed by atoms with Crippen LogP contribution in [0, 0.1) is 0 Å². The van der Waals surface area contributed by atoms with Crippen LogP contribution in [0.2, 0.25) is 5.02 Å². The summed E-state index contributed by atoms with van der Waals surface area (Å²) in [4.78, 5) is 0. The Kier molecular flexibility index (Phi) is 3.23. The fourth-order valence-electron chi connectivity index (χ4n) is 1.85. The third-order valence-corrected chi connectivity index (χ3v) is 3.15. The molecule has 1 aliphatic rings. The summed E-state index contributed by atoms with van der Waals surface area (Å²) < 4.78 is 37.8. The molecular weight excluding hydrogens is 253 g/mol. The van der Waals surface area contributed by atoms with Gasteiger partial charge in [-0.15, -0.1) is 0 Å². The van der Waals surface area contributed by atoms with E-state index in [2.05, 4.69) is 5.32 Å². The smallest absolute Gasteiger partial charge is 0.382 e. The van der Waals surface area contributed by atoms with Crippen molar-refractivity contribution in [3.05, 3.63) is 28.8 Å². The lowest BCUT2D eigenvalue weighted by molar-refractivity contribution is -0.137. The van der Waals surface area contributed by atoms with Crippen LogP contribution in [-0.2, 0) is 6.18 Å². The van der Waals surface area contributed by atoms with Gasteiger partial charge in [-0.05, 0) is 31.0 Å². The van der Waals surface area contributed by atoms with Gasteiger partial charge in [-0.2, -0.15) is 13.2 Å². The van der Waals surface area contributed by atoms with E-state index in [-0.39, 0.29) is 17.1 Å². The van der Waals surface area contributed by atoms with E-state index in [9.17, 15) is 13.2 Å². The Labute approximate surface area is 102 Å². The van der Waals surface area contributed by atoms with E-state index >= 15 is 0 Å². The number of alkyl halides is 3. The molecule has 0 atom stereocenters. The van der Waals surface area contributed by atoms with Crippen molar-refractivity contribution in [1.82, 2.24) is 0 Å². The summed E-state index contributed by atoms with van der Waals surface area (Å²) in [5, 5.41) is 2.73. The molecule has 17 heavy (non-hydrogen) atoms. The van der Waals surface area contributed by atoms with Gasteiger partial charge in [0.25, 0.3) is 0 Å². The van der Waals surface area contributed by atoms with Crippen LogP contribution in [0.1, 0.15) is 18.4 Å². The third-order valence-electron chi connectivity index (χ3n) is 2.82. The molecule has 3 N–H and O–H groups in total. The molecule has 0 radical (unpaired) electrons. The second kappa shape index (κ2) is 4.38. The maximum Gasteiger partial charge on any atom is 0.417 e. The molecule has 1 aromatic carbocycles. The van der Waals surface area contributed by atoms with Gasteiger partial charge < -0.3 is 11.1 Å². The Morgan fingerprint density at radius 1 is 1.29 bits per heavy atom. The largest absolute Gasteiger partial charge is 0.417 e. The zero-order chi connectivity index (χ0) is 12.6. The number of benzene rings is 1. The van der Waals surface area contributed by atoms with Crippen LogP contribution in [0.4, 0.5) is 18.9 Å². The Morgan fingerprint density at radius 2 is 1.94 bits per heavy atom. The minimum atomic E-state index is -4.43. The van der Waals surface area contributed by atoms with Gasteiger partial charge in [0.2, 0.25) is 0 Å². The maximum atomic E-state index is 12.6. The first-order chi connectivity index (χ1) is 7.86. The molecule has 0 aliphatic heterocycles. The summed E-state index contributed by atoms with van der Waals surface area (Å²) in [7, 11) is 0. The molecule has 1 aromatic rings. The molecule has 0 aromatic heterocycles. The fraction of sp³-hybridized carbons (Fsp3) is 0.455. The monoisotopic (exact) mass is 264 g/mol. The molecule has 1 fully saturated rings. The van der Waals surface area contributed by atoms with Gasteiger partial charge in [-0.3, -0.25) is 0 Å². The maximum absolute atomic E-state index is 12.6. The van der Waals surface area contributed by atoms with Crippen LogP contribution in [-0.4, -0.2) is 12.1 Å². The quantitative estimate of drug-likeness (QED) is 0.860.